The number of thioether (sulfide) groups is 1. The zero-order valence-corrected chi connectivity index (χ0v) is 14.4. The fourth-order valence-electron chi connectivity index (χ4n) is 2.42. The second-order valence-corrected chi connectivity index (χ2v) is 6.30. The molecule has 0 unspecified atom stereocenters. The van der Waals surface area contributed by atoms with Crippen molar-refractivity contribution in [3.05, 3.63) is 60.2 Å². The second-order valence-electron chi connectivity index (χ2n) is 5.34. The van der Waals surface area contributed by atoms with Crippen molar-refractivity contribution in [1.82, 2.24) is 4.98 Å². The van der Waals surface area contributed by atoms with Crippen LogP contribution in [0.3, 0.4) is 0 Å². The van der Waals surface area contributed by atoms with E-state index < -0.39 is 0 Å². The van der Waals surface area contributed by atoms with E-state index in [0.29, 0.717) is 17.2 Å². The molecular weight excluding hydrogens is 320 g/mol. The van der Waals surface area contributed by atoms with Crippen molar-refractivity contribution < 1.29 is 9.53 Å². The summed E-state index contributed by atoms with van der Waals surface area (Å²) in [5.74, 6) is 0.860. The van der Waals surface area contributed by atoms with Crippen LogP contribution in [-0.4, -0.2) is 23.8 Å². The van der Waals surface area contributed by atoms with Crippen LogP contribution in [0.4, 0.5) is 5.69 Å². The Bertz CT molecular complexity index is 880. The summed E-state index contributed by atoms with van der Waals surface area (Å²) in [6.07, 6.45) is 0. The molecule has 0 radical (unpaired) electrons. The van der Waals surface area contributed by atoms with Gasteiger partial charge in [0.2, 0.25) is 5.91 Å². The molecule has 24 heavy (non-hydrogen) atoms. The predicted molar refractivity (Wildman–Crippen MR) is 98.8 cm³/mol. The number of aromatic nitrogens is 1. The molecule has 0 saturated carbocycles. The molecule has 0 aliphatic heterocycles. The van der Waals surface area contributed by atoms with E-state index in [2.05, 4.69) is 16.4 Å². The highest BCUT2D eigenvalue weighted by Gasteiger charge is 2.10. The largest absolute Gasteiger partial charge is 0.495 e. The molecule has 0 atom stereocenters. The Morgan fingerprint density at radius 3 is 2.75 bits per heavy atom. The SMILES string of the molecule is COc1ccccc1NC(=O)CSc1nc2ccccc2cc1C. The molecule has 0 aliphatic carbocycles. The molecule has 1 heterocycles. The van der Waals surface area contributed by atoms with Gasteiger partial charge in [0.25, 0.3) is 0 Å². The molecular formula is C19H18N2O2S. The first-order valence-corrected chi connectivity index (χ1v) is 8.58. The minimum atomic E-state index is -0.0844. The molecule has 0 aliphatic rings. The quantitative estimate of drug-likeness (QED) is 0.705. The number of pyridine rings is 1. The van der Waals surface area contributed by atoms with Gasteiger partial charge in [-0.15, -0.1) is 0 Å². The Morgan fingerprint density at radius 2 is 1.92 bits per heavy atom. The van der Waals surface area contributed by atoms with E-state index in [0.717, 1.165) is 21.5 Å². The maximum absolute atomic E-state index is 12.2. The Labute approximate surface area is 145 Å². The summed E-state index contributed by atoms with van der Waals surface area (Å²) in [6.45, 7) is 2.01. The number of benzene rings is 2. The Morgan fingerprint density at radius 1 is 1.17 bits per heavy atom. The average molecular weight is 338 g/mol. The Hall–Kier alpha value is -2.53. The highest BCUT2D eigenvalue weighted by Crippen LogP contribution is 2.26. The normalized spacial score (nSPS) is 10.6. The molecule has 1 amide bonds. The van der Waals surface area contributed by atoms with Gasteiger partial charge in [-0.05, 0) is 36.8 Å². The van der Waals surface area contributed by atoms with Crippen LogP contribution < -0.4 is 10.1 Å². The highest BCUT2D eigenvalue weighted by atomic mass is 32.2. The molecule has 1 aromatic heterocycles. The minimum absolute atomic E-state index is 0.0844. The van der Waals surface area contributed by atoms with Gasteiger partial charge in [-0.3, -0.25) is 4.79 Å². The van der Waals surface area contributed by atoms with Gasteiger partial charge in [-0.1, -0.05) is 42.1 Å². The number of anilines is 1. The monoisotopic (exact) mass is 338 g/mol. The average Bonchev–Trinajstić information content (AvgIpc) is 2.60. The standard InChI is InChI=1S/C19H18N2O2S/c1-13-11-14-7-3-4-8-15(14)21-19(13)24-12-18(22)20-16-9-5-6-10-17(16)23-2/h3-11H,12H2,1-2H3,(H,20,22). The second kappa shape index (κ2) is 7.36. The summed E-state index contributed by atoms with van der Waals surface area (Å²) in [7, 11) is 1.59. The number of hydrogen-bond acceptors (Lipinski definition) is 4. The number of amides is 1. The lowest BCUT2D eigenvalue weighted by molar-refractivity contribution is -0.113. The first kappa shape index (κ1) is 16.3. The van der Waals surface area contributed by atoms with Gasteiger partial charge in [0.05, 0.1) is 24.1 Å². The Balaban J connectivity index is 1.69. The van der Waals surface area contributed by atoms with E-state index >= 15 is 0 Å². The number of fused-ring (bicyclic) bond motifs is 1. The number of aryl methyl sites for hydroxylation is 1. The number of carbonyl (C=O) groups excluding carboxylic acids is 1. The molecule has 2 aromatic carbocycles. The molecule has 122 valence electrons. The van der Waals surface area contributed by atoms with Gasteiger partial charge in [-0.25, -0.2) is 4.98 Å². The van der Waals surface area contributed by atoms with Gasteiger partial charge < -0.3 is 10.1 Å². The topological polar surface area (TPSA) is 51.2 Å². The molecule has 4 nitrogen and oxygen atoms in total. The summed E-state index contributed by atoms with van der Waals surface area (Å²) in [6, 6.07) is 17.4. The lowest BCUT2D eigenvalue weighted by atomic mass is 10.2. The zero-order chi connectivity index (χ0) is 16.9. The summed E-state index contributed by atoms with van der Waals surface area (Å²) < 4.78 is 5.24. The predicted octanol–water partition coefficient (Wildman–Crippen LogP) is 4.28. The van der Waals surface area contributed by atoms with E-state index in [4.69, 9.17) is 4.74 Å². The van der Waals surface area contributed by atoms with Crippen LogP contribution in [0.5, 0.6) is 5.75 Å². The first-order chi connectivity index (χ1) is 11.7. The fraction of sp³-hybridized carbons (Fsp3) is 0.158. The van der Waals surface area contributed by atoms with Crippen LogP contribution in [0, 0.1) is 6.92 Å². The van der Waals surface area contributed by atoms with E-state index in [-0.39, 0.29) is 5.91 Å². The van der Waals surface area contributed by atoms with Gasteiger partial charge in [0, 0.05) is 5.39 Å². The summed E-state index contributed by atoms with van der Waals surface area (Å²) >= 11 is 1.44. The van der Waals surface area contributed by atoms with E-state index in [1.54, 1.807) is 7.11 Å². The van der Waals surface area contributed by atoms with E-state index in [1.807, 2.05) is 55.5 Å². The van der Waals surface area contributed by atoms with Crippen molar-refractivity contribution in [3.63, 3.8) is 0 Å². The molecule has 3 rings (SSSR count). The van der Waals surface area contributed by atoms with Crippen molar-refractivity contribution in [2.75, 3.05) is 18.2 Å². The number of hydrogen-bond donors (Lipinski definition) is 1. The third kappa shape index (κ3) is 3.68. The minimum Gasteiger partial charge on any atom is -0.495 e. The molecule has 5 heteroatoms. The number of ether oxygens (including phenoxy) is 1. The number of rotatable bonds is 5. The van der Waals surface area contributed by atoms with Crippen LogP contribution in [0.1, 0.15) is 5.56 Å². The molecule has 3 aromatic rings. The molecule has 0 spiro atoms. The number of nitrogens with zero attached hydrogens (tertiary/aromatic N) is 1. The van der Waals surface area contributed by atoms with E-state index in [9.17, 15) is 4.79 Å². The third-order valence-electron chi connectivity index (χ3n) is 3.59. The van der Waals surface area contributed by atoms with Crippen molar-refractivity contribution in [3.8, 4) is 5.75 Å². The Kier molecular flexibility index (Phi) is 5.01. The summed E-state index contributed by atoms with van der Waals surface area (Å²) in [5.41, 5.74) is 2.69. The maximum Gasteiger partial charge on any atom is 0.234 e. The lowest BCUT2D eigenvalue weighted by Crippen LogP contribution is -2.14. The number of methoxy groups -OCH3 is 1. The number of para-hydroxylation sites is 3. The molecule has 0 bridgehead atoms. The van der Waals surface area contributed by atoms with Crippen LogP contribution in [0.25, 0.3) is 10.9 Å². The smallest absolute Gasteiger partial charge is 0.234 e. The molecule has 0 fully saturated rings. The van der Waals surface area contributed by atoms with Crippen LogP contribution in [-0.2, 0) is 4.79 Å². The van der Waals surface area contributed by atoms with Crippen molar-refractivity contribution in [2.24, 2.45) is 0 Å². The highest BCUT2D eigenvalue weighted by molar-refractivity contribution is 8.00. The lowest BCUT2D eigenvalue weighted by Gasteiger charge is -2.10. The first-order valence-electron chi connectivity index (χ1n) is 7.59. The van der Waals surface area contributed by atoms with Crippen LogP contribution in [0.2, 0.25) is 0 Å². The molecule has 0 saturated heterocycles. The van der Waals surface area contributed by atoms with Gasteiger partial charge in [-0.2, -0.15) is 0 Å². The van der Waals surface area contributed by atoms with Crippen LogP contribution >= 0.6 is 11.8 Å². The van der Waals surface area contributed by atoms with Crippen molar-refractivity contribution in [1.29, 1.82) is 0 Å². The van der Waals surface area contributed by atoms with Gasteiger partial charge >= 0.3 is 0 Å². The number of nitrogens with one attached hydrogen (secondary N) is 1. The van der Waals surface area contributed by atoms with Crippen molar-refractivity contribution >= 4 is 34.3 Å². The third-order valence-corrected chi connectivity index (χ3v) is 4.68. The molecule has 1 N–H and O–H groups in total. The van der Waals surface area contributed by atoms with Crippen molar-refractivity contribution in [2.45, 2.75) is 11.9 Å². The van der Waals surface area contributed by atoms with Gasteiger partial charge in [0.1, 0.15) is 10.8 Å². The zero-order valence-electron chi connectivity index (χ0n) is 13.6. The fourth-order valence-corrected chi connectivity index (χ4v) is 3.21. The number of carbonyl (C=O) groups is 1. The maximum atomic E-state index is 12.2. The summed E-state index contributed by atoms with van der Waals surface area (Å²) in [4.78, 5) is 16.9. The van der Waals surface area contributed by atoms with Gasteiger partial charge in [0.15, 0.2) is 0 Å². The summed E-state index contributed by atoms with van der Waals surface area (Å²) in [5, 5.41) is 4.86. The van der Waals surface area contributed by atoms with E-state index in [1.165, 1.54) is 11.8 Å². The van der Waals surface area contributed by atoms with Crippen LogP contribution in [0.15, 0.2) is 59.6 Å².